The molecule has 21 heavy (non-hydrogen) atoms. The smallest absolute Gasteiger partial charge is 0.267 e. The number of anilines is 1. The maximum absolute atomic E-state index is 10.8. The highest BCUT2D eigenvalue weighted by atomic mass is 16.5. The van der Waals surface area contributed by atoms with Crippen molar-refractivity contribution in [2.24, 2.45) is 0 Å². The second-order valence-electron chi connectivity index (χ2n) is 4.71. The molecule has 0 saturated carbocycles. The molecule has 5 heteroatoms. The molecule has 1 aromatic rings. The standard InChI is InChI=1S/C16H22N2O3/c1-18(2)14-11-9-13(10-12-14)15(21-3)7-5-4-6-8-16(19)17-20/h4-6,8-12,15,20H,7H2,1-3H3,(H,17,19)/b5-4+,8-6+. The van der Waals surface area contributed by atoms with E-state index in [-0.39, 0.29) is 6.10 Å². The molecule has 0 aliphatic heterocycles. The number of methoxy groups -OCH3 is 1. The van der Waals surface area contributed by atoms with E-state index in [9.17, 15) is 4.79 Å². The molecular formula is C16H22N2O3. The van der Waals surface area contributed by atoms with Gasteiger partial charge in [-0.2, -0.15) is 0 Å². The van der Waals surface area contributed by atoms with Crippen LogP contribution < -0.4 is 10.4 Å². The Hall–Kier alpha value is -2.11. The van der Waals surface area contributed by atoms with Gasteiger partial charge >= 0.3 is 0 Å². The minimum atomic E-state index is -0.554. The van der Waals surface area contributed by atoms with E-state index in [1.54, 1.807) is 19.3 Å². The summed E-state index contributed by atoms with van der Waals surface area (Å²) in [6.45, 7) is 0. The van der Waals surface area contributed by atoms with Crippen molar-refractivity contribution in [2.75, 3.05) is 26.1 Å². The van der Waals surface area contributed by atoms with Gasteiger partial charge in [-0.05, 0) is 24.1 Å². The zero-order chi connectivity index (χ0) is 15.7. The lowest BCUT2D eigenvalue weighted by molar-refractivity contribution is -0.124. The molecule has 2 N–H and O–H groups in total. The molecule has 1 unspecified atom stereocenters. The highest BCUT2D eigenvalue weighted by Crippen LogP contribution is 2.23. The average molecular weight is 290 g/mol. The van der Waals surface area contributed by atoms with Gasteiger partial charge in [0, 0.05) is 33.0 Å². The van der Waals surface area contributed by atoms with Gasteiger partial charge in [0.05, 0.1) is 6.10 Å². The number of carbonyl (C=O) groups is 1. The van der Waals surface area contributed by atoms with Crippen LogP contribution in [0.15, 0.2) is 48.6 Å². The summed E-state index contributed by atoms with van der Waals surface area (Å²) < 4.78 is 5.48. The number of nitrogens with one attached hydrogen (secondary N) is 1. The van der Waals surface area contributed by atoms with Crippen LogP contribution >= 0.6 is 0 Å². The first-order valence-corrected chi connectivity index (χ1v) is 6.65. The van der Waals surface area contributed by atoms with Crippen LogP contribution in [0.1, 0.15) is 18.1 Å². The fourth-order valence-corrected chi connectivity index (χ4v) is 1.82. The first-order chi connectivity index (χ1) is 10.1. The molecule has 1 amide bonds. The van der Waals surface area contributed by atoms with Crippen molar-refractivity contribution in [3.8, 4) is 0 Å². The zero-order valence-electron chi connectivity index (χ0n) is 12.6. The third kappa shape index (κ3) is 5.81. The molecule has 1 aromatic carbocycles. The first kappa shape index (κ1) is 16.9. The summed E-state index contributed by atoms with van der Waals surface area (Å²) in [7, 11) is 5.67. The molecule has 0 saturated heterocycles. The predicted molar refractivity (Wildman–Crippen MR) is 83.3 cm³/mol. The number of allylic oxidation sites excluding steroid dienone is 2. The number of nitrogens with zero attached hydrogens (tertiary/aromatic N) is 1. The fourth-order valence-electron chi connectivity index (χ4n) is 1.82. The second kappa shape index (κ2) is 8.94. The molecule has 1 rings (SSSR count). The number of carbonyl (C=O) groups excluding carboxylic acids is 1. The van der Waals surface area contributed by atoms with Crippen LogP contribution in [0, 0.1) is 0 Å². The van der Waals surface area contributed by atoms with Crippen LogP contribution in [0.5, 0.6) is 0 Å². The van der Waals surface area contributed by atoms with Gasteiger partial charge in [-0.15, -0.1) is 0 Å². The summed E-state index contributed by atoms with van der Waals surface area (Å²) in [6, 6.07) is 8.20. The van der Waals surface area contributed by atoms with Gasteiger partial charge in [-0.1, -0.05) is 30.4 Å². The quantitative estimate of drug-likeness (QED) is 0.350. The number of rotatable bonds is 7. The van der Waals surface area contributed by atoms with Crippen LogP contribution in [0.3, 0.4) is 0 Å². The normalized spacial score (nSPS) is 12.8. The Balaban J connectivity index is 2.60. The van der Waals surface area contributed by atoms with Crippen molar-refractivity contribution in [1.82, 2.24) is 5.48 Å². The second-order valence-corrected chi connectivity index (χ2v) is 4.71. The molecule has 114 valence electrons. The third-order valence-electron chi connectivity index (χ3n) is 3.02. The summed E-state index contributed by atoms with van der Waals surface area (Å²) in [5.74, 6) is -0.554. The molecule has 0 radical (unpaired) electrons. The van der Waals surface area contributed by atoms with E-state index in [1.165, 1.54) is 11.6 Å². The van der Waals surface area contributed by atoms with Crippen LogP contribution in [-0.2, 0) is 9.53 Å². The van der Waals surface area contributed by atoms with Crippen LogP contribution in [-0.4, -0.2) is 32.3 Å². The van der Waals surface area contributed by atoms with Gasteiger partial charge in [0.15, 0.2) is 0 Å². The molecule has 0 bridgehead atoms. The molecule has 5 nitrogen and oxygen atoms in total. The molecule has 0 aliphatic carbocycles. The van der Waals surface area contributed by atoms with Gasteiger partial charge in [0.2, 0.25) is 0 Å². The number of hydrogen-bond acceptors (Lipinski definition) is 4. The van der Waals surface area contributed by atoms with Crippen LogP contribution in [0.25, 0.3) is 0 Å². The Morgan fingerprint density at radius 3 is 2.52 bits per heavy atom. The lowest BCUT2D eigenvalue weighted by Crippen LogP contribution is -2.14. The van der Waals surface area contributed by atoms with Crippen molar-refractivity contribution < 1.29 is 14.7 Å². The zero-order valence-corrected chi connectivity index (χ0v) is 12.6. The van der Waals surface area contributed by atoms with Gasteiger partial charge < -0.3 is 9.64 Å². The Kier molecular flexibility index (Phi) is 7.21. The van der Waals surface area contributed by atoms with E-state index in [1.807, 2.05) is 37.2 Å². The summed E-state index contributed by atoms with van der Waals surface area (Å²) in [5.41, 5.74) is 3.77. The average Bonchev–Trinajstić information content (AvgIpc) is 2.50. The number of hydroxylamine groups is 1. The third-order valence-corrected chi connectivity index (χ3v) is 3.02. The van der Waals surface area contributed by atoms with Crippen molar-refractivity contribution in [2.45, 2.75) is 12.5 Å². The largest absolute Gasteiger partial charge is 0.378 e. The number of ether oxygens (including phenoxy) is 1. The van der Waals surface area contributed by atoms with E-state index >= 15 is 0 Å². The van der Waals surface area contributed by atoms with Crippen LogP contribution in [0.2, 0.25) is 0 Å². The summed E-state index contributed by atoms with van der Waals surface area (Å²) >= 11 is 0. The molecule has 0 aromatic heterocycles. The van der Waals surface area contributed by atoms with Gasteiger partial charge in [0.25, 0.3) is 5.91 Å². The summed E-state index contributed by atoms with van der Waals surface area (Å²) in [6.07, 6.45) is 7.13. The van der Waals surface area contributed by atoms with Gasteiger partial charge in [-0.3, -0.25) is 10.0 Å². The van der Waals surface area contributed by atoms with Crippen molar-refractivity contribution in [1.29, 1.82) is 0 Å². The van der Waals surface area contributed by atoms with Gasteiger partial charge in [0.1, 0.15) is 0 Å². The van der Waals surface area contributed by atoms with E-state index in [0.717, 1.165) is 11.3 Å². The molecule has 0 aliphatic rings. The minimum absolute atomic E-state index is 0.0301. The van der Waals surface area contributed by atoms with Gasteiger partial charge in [-0.25, -0.2) is 5.48 Å². The monoisotopic (exact) mass is 290 g/mol. The molecule has 1 atom stereocenters. The molecule has 0 spiro atoms. The maximum atomic E-state index is 10.8. The number of amides is 1. The minimum Gasteiger partial charge on any atom is -0.378 e. The highest BCUT2D eigenvalue weighted by Gasteiger charge is 2.08. The molecule has 0 fully saturated rings. The highest BCUT2D eigenvalue weighted by molar-refractivity contribution is 5.86. The van der Waals surface area contributed by atoms with E-state index < -0.39 is 5.91 Å². The SMILES string of the molecule is COC(C/C=C/C=C/C(=O)NO)c1ccc(N(C)C)cc1. The van der Waals surface area contributed by atoms with Crippen molar-refractivity contribution >= 4 is 11.6 Å². The Morgan fingerprint density at radius 2 is 2.00 bits per heavy atom. The summed E-state index contributed by atoms with van der Waals surface area (Å²) in [5, 5.41) is 8.33. The van der Waals surface area contributed by atoms with E-state index in [2.05, 4.69) is 12.1 Å². The lowest BCUT2D eigenvalue weighted by Gasteiger charge is -2.16. The Bertz CT molecular complexity index is 493. The Labute approximate surface area is 125 Å². The molecule has 0 heterocycles. The van der Waals surface area contributed by atoms with Crippen LogP contribution in [0.4, 0.5) is 5.69 Å². The lowest BCUT2D eigenvalue weighted by atomic mass is 10.1. The first-order valence-electron chi connectivity index (χ1n) is 6.65. The Morgan fingerprint density at radius 1 is 1.33 bits per heavy atom. The topological polar surface area (TPSA) is 61.8 Å². The molecular weight excluding hydrogens is 268 g/mol. The van der Waals surface area contributed by atoms with E-state index in [0.29, 0.717) is 6.42 Å². The fraction of sp³-hybridized carbons (Fsp3) is 0.312. The van der Waals surface area contributed by atoms with Crippen molar-refractivity contribution in [3.63, 3.8) is 0 Å². The van der Waals surface area contributed by atoms with E-state index in [4.69, 9.17) is 9.94 Å². The maximum Gasteiger partial charge on any atom is 0.267 e. The number of hydrogen-bond donors (Lipinski definition) is 2. The predicted octanol–water partition coefficient (Wildman–Crippen LogP) is 2.45. The number of benzene rings is 1. The summed E-state index contributed by atoms with van der Waals surface area (Å²) in [4.78, 5) is 12.8. The van der Waals surface area contributed by atoms with Crippen molar-refractivity contribution in [3.05, 3.63) is 54.1 Å².